The molecule has 20 heavy (non-hydrogen) atoms. The number of aliphatic hydroxyl groups is 1. The van der Waals surface area contributed by atoms with Crippen molar-refractivity contribution in [1.82, 2.24) is 9.88 Å². The van der Waals surface area contributed by atoms with Crippen molar-refractivity contribution in [3.05, 3.63) is 35.7 Å². The van der Waals surface area contributed by atoms with Crippen molar-refractivity contribution < 1.29 is 19.8 Å². The van der Waals surface area contributed by atoms with E-state index in [0.717, 1.165) is 6.08 Å². The number of rotatable bonds is 6. The van der Waals surface area contributed by atoms with E-state index in [4.69, 9.17) is 5.11 Å². The van der Waals surface area contributed by atoms with Crippen LogP contribution in [0, 0.1) is 0 Å². The highest BCUT2D eigenvalue weighted by molar-refractivity contribution is 5.98. The number of carbonyl (C=O) groups excluding carboxylic acids is 1. The van der Waals surface area contributed by atoms with E-state index in [1.165, 1.54) is 23.4 Å². The van der Waals surface area contributed by atoms with Crippen molar-refractivity contribution in [3.8, 4) is 0 Å². The van der Waals surface area contributed by atoms with Gasteiger partial charge in [-0.25, -0.2) is 4.79 Å². The van der Waals surface area contributed by atoms with Crippen LogP contribution >= 0.6 is 0 Å². The standard InChI is InChI=1S/C14H18N2O4/c1-10(17)6-8-16(2)14(20)12-5-7-15-9-11(12)3-4-13(18)19/h3-5,7,9-10,17H,6,8H2,1-2H3,(H,18,19)/b4-3+. The van der Waals surface area contributed by atoms with Crippen LogP contribution in [0.15, 0.2) is 24.5 Å². The molecule has 1 heterocycles. The Morgan fingerprint density at radius 3 is 2.80 bits per heavy atom. The molecule has 0 aliphatic rings. The summed E-state index contributed by atoms with van der Waals surface area (Å²) >= 11 is 0. The maximum absolute atomic E-state index is 12.3. The van der Waals surface area contributed by atoms with E-state index < -0.39 is 12.1 Å². The summed E-state index contributed by atoms with van der Waals surface area (Å²) in [6.07, 6.45) is 5.22. The van der Waals surface area contributed by atoms with Crippen LogP contribution in [0.25, 0.3) is 6.08 Å². The van der Waals surface area contributed by atoms with E-state index in [1.807, 2.05) is 0 Å². The molecule has 6 heteroatoms. The first-order chi connectivity index (χ1) is 9.41. The quantitative estimate of drug-likeness (QED) is 0.758. The number of hydrogen-bond donors (Lipinski definition) is 2. The number of aromatic nitrogens is 1. The first kappa shape index (κ1) is 15.8. The van der Waals surface area contributed by atoms with Gasteiger partial charge in [-0.3, -0.25) is 9.78 Å². The molecule has 0 saturated heterocycles. The molecule has 0 radical (unpaired) electrons. The fraction of sp³-hybridized carbons (Fsp3) is 0.357. The van der Waals surface area contributed by atoms with E-state index in [-0.39, 0.29) is 5.91 Å². The lowest BCUT2D eigenvalue weighted by atomic mass is 10.1. The fourth-order valence-electron chi connectivity index (χ4n) is 1.58. The van der Waals surface area contributed by atoms with Gasteiger partial charge in [-0.05, 0) is 25.5 Å². The Morgan fingerprint density at radius 2 is 2.20 bits per heavy atom. The van der Waals surface area contributed by atoms with Crippen LogP contribution in [0.5, 0.6) is 0 Å². The first-order valence-electron chi connectivity index (χ1n) is 6.20. The van der Waals surface area contributed by atoms with Gasteiger partial charge in [-0.2, -0.15) is 0 Å². The normalized spacial score (nSPS) is 12.3. The predicted molar refractivity (Wildman–Crippen MR) is 74.2 cm³/mol. The van der Waals surface area contributed by atoms with Gasteiger partial charge < -0.3 is 15.1 Å². The summed E-state index contributed by atoms with van der Waals surface area (Å²) < 4.78 is 0. The van der Waals surface area contributed by atoms with Gasteiger partial charge in [-0.1, -0.05) is 0 Å². The van der Waals surface area contributed by atoms with Gasteiger partial charge >= 0.3 is 5.97 Å². The van der Waals surface area contributed by atoms with Crippen LogP contribution < -0.4 is 0 Å². The summed E-state index contributed by atoms with van der Waals surface area (Å²) in [7, 11) is 1.63. The molecule has 0 aliphatic carbocycles. The van der Waals surface area contributed by atoms with E-state index >= 15 is 0 Å². The number of pyridine rings is 1. The Kier molecular flexibility index (Phi) is 5.86. The van der Waals surface area contributed by atoms with Gasteiger partial charge in [0.25, 0.3) is 5.91 Å². The molecule has 0 spiro atoms. The summed E-state index contributed by atoms with van der Waals surface area (Å²) in [4.78, 5) is 28.2. The highest BCUT2D eigenvalue weighted by Crippen LogP contribution is 2.12. The molecule has 108 valence electrons. The molecular weight excluding hydrogens is 260 g/mol. The number of carboxylic acids is 1. The van der Waals surface area contributed by atoms with Crippen molar-refractivity contribution in [1.29, 1.82) is 0 Å². The molecule has 0 aromatic carbocycles. The highest BCUT2D eigenvalue weighted by atomic mass is 16.4. The fourth-order valence-corrected chi connectivity index (χ4v) is 1.58. The van der Waals surface area contributed by atoms with Crippen molar-refractivity contribution in [2.75, 3.05) is 13.6 Å². The third-order valence-corrected chi connectivity index (χ3v) is 2.72. The second kappa shape index (κ2) is 7.40. The van der Waals surface area contributed by atoms with Gasteiger partial charge in [0.05, 0.1) is 6.10 Å². The molecule has 0 bridgehead atoms. The summed E-state index contributed by atoms with van der Waals surface area (Å²) in [6.45, 7) is 2.08. The number of hydrogen-bond acceptors (Lipinski definition) is 4. The lowest BCUT2D eigenvalue weighted by Crippen LogP contribution is -2.30. The lowest BCUT2D eigenvalue weighted by molar-refractivity contribution is -0.131. The smallest absolute Gasteiger partial charge is 0.328 e. The number of aliphatic hydroxyl groups excluding tert-OH is 1. The summed E-state index contributed by atoms with van der Waals surface area (Å²) in [5.41, 5.74) is 0.828. The van der Waals surface area contributed by atoms with E-state index in [0.29, 0.717) is 24.1 Å². The van der Waals surface area contributed by atoms with Crippen LogP contribution in [0.4, 0.5) is 0 Å². The van der Waals surface area contributed by atoms with E-state index in [1.54, 1.807) is 20.0 Å². The molecule has 1 aromatic heterocycles. The van der Waals surface area contributed by atoms with Crippen LogP contribution in [-0.2, 0) is 4.79 Å². The zero-order valence-electron chi connectivity index (χ0n) is 11.5. The Balaban J connectivity index is 2.89. The van der Waals surface area contributed by atoms with Crippen molar-refractivity contribution in [3.63, 3.8) is 0 Å². The molecule has 1 rings (SSSR count). The number of carbonyl (C=O) groups is 2. The monoisotopic (exact) mass is 278 g/mol. The minimum atomic E-state index is -1.09. The van der Waals surface area contributed by atoms with Crippen molar-refractivity contribution >= 4 is 18.0 Å². The zero-order chi connectivity index (χ0) is 15.1. The summed E-state index contributed by atoms with van der Waals surface area (Å²) in [5.74, 6) is -1.33. The van der Waals surface area contributed by atoms with Gasteiger partial charge in [-0.15, -0.1) is 0 Å². The minimum Gasteiger partial charge on any atom is -0.478 e. The average molecular weight is 278 g/mol. The van der Waals surface area contributed by atoms with Gasteiger partial charge in [0, 0.05) is 43.2 Å². The highest BCUT2D eigenvalue weighted by Gasteiger charge is 2.15. The van der Waals surface area contributed by atoms with Crippen LogP contribution in [0.2, 0.25) is 0 Å². The lowest BCUT2D eigenvalue weighted by Gasteiger charge is -2.19. The number of aliphatic carboxylic acids is 1. The molecule has 0 aliphatic heterocycles. The van der Waals surface area contributed by atoms with Gasteiger partial charge in [0.15, 0.2) is 0 Å². The second-order valence-corrected chi connectivity index (χ2v) is 4.50. The van der Waals surface area contributed by atoms with Crippen LogP contribution in [0.1, 0.15) is 29.3 Å². The predicted octanol–water partition coefficient (Wildman–Crippen LogP) is 1.02. The Labute approximate surface area is 117 Å². The molecular formula is C14H18N2O4. The Hall–Kier alpha value is -2.21. The molecule has 1 unspecified atom stereocenters. The number of nitrogens with zero attached hydrogens (tertiary/aromatic N) is 2. The topological polar surface area (TPSA) is 90.7 Å². The Bertz CT molecular complexity index is 512. The van der Waals surface area contributed by atoms with Crippen LogP contribution in [0.3, 0.4) is 0 Å². The van der Waals surface area contributed by atoms with Crippen molar-refractivity contribution in [2.45, 2.75) is 19.4 Å². The molecule has 1 amide bonds. The van der Waals surface area contributed by atoms with Gasteiger partial charge in [0.2, 0.25) is 0 Å². The maximum Gasteiger partial charge on any atom is 0.328 e. The summed E-state index contributed by atoms with van der Waals surface area (Å²) in [5, 5.41) is 17.9. The second-order valence-electron chi connectivity index (χ2n) is 4.50. The third kappa shape index (κ3) is 4.81. The van der Waals surface area contributed by atoms with Crippen LogP contribution in [-0.4, -0.2) is 51.7 Å². The molecule has 0 saturated carbocycles. The van der Waals surface area contributed by atoms with Crippen molar-refractivity contribution in [2.24, 2.45) is 0 Å². The zero-order valence-corrected chi connectivity index (χ0v) is 11.5. The Morgan fingerprint density at radius 1 is 1.50 bits per heavy atom. The molecule has 0 fully saturated rings. The minimum absolute atomic E-state index is 0.238. The molecule has 1 aromatic rings. The van der Waals surface area contributed by atoms with E-state index in [2.05, 4.69) is 4.98 Å². The average Bonchev–Trinajstić information content (AvgIpc) is 2.41. The SMILES string of the molecule is CC(O)CCN(C)C(=O)c1ccncc1/C=C/C(=O)O. The maximum atomic E-state index is 12.3. The largest absolute Gasteiger partial charge is 0.478 e. The summed E-state index contributed by atoms with van der Waals surface area (Å²) in [6, 6.07) is 1.54. The third-order valence-electron chi connectivity index (χ3n) is 2.72. The van der Waals surface area contributed by atoms with E-state index in [9.17, 15) is 14.7 Å². The number of carboxylic acid groups (broad SMARTS) is 1. The van der Waals surface area contributed by atoms with Gasteiger partial charge in [0.1, 0.15) is 0 Å². The molecule has 6 nitrogen and oxygen atoms in total. The number of amides is 1. The first-order valence-corrected chi connectivity index (χ1v) is 6.20. The molecule has 2 N–H and O–H groups in total. The molecule has 1 atom stereocenters.